The lowest BCUT2D eigenvalue weighted by Gasteiger charge is -2.08. The number of hydrogen-bond donors (Lipinski definition) is 3. The maximum Gasteiger partial charge on any atom is 0.132 e. The average molecular weight is 329 g/mol. The quantitative estimate of drug-likeness (QED) is 0.651. The van der Waals surface area contributed by atoms with Crippen molar-refractivity contribution >= 4 is 0 Å². The first kappa shape index (κ1) is 16.3. The molecule has 0 fully saturated rings. The molecule has 3 N–H and O–H groups in total. The van der Waals surface area contributed by atoms with Gasteiger partial charge in [0.05, 0.1) is 18.5 Å². The molecule has 1 heterocycles. The van der Waals surface area contributed by atoms with E-state index in [9.17, 15) is 8.78 Å². The molecule has 2 aromatic carbocycles. The molecule has 0 saturated heterocycles. The third kappa shape index (κ3) is 3.50. The van der Waals surface area contributed by atoms with Crippen LogP contribution in [0.4, 0.5) is 8.78 Å². The van der Waals surface area contributed by atoms with E-state index in [2.05, 4.69) is 15.5 Å². The van der Waals surface area contributed by atoms with Crippen LogP contribution in [0.25, 0.3) is 11.3 Å². The number of halogens is 2. The Morgan fingerprint density at radius 1 is 1.00 bits per heavy atom. The van der Waals surface area contributed by atoms with Gasteiger partial charge in [-0.05, 0) is 29.8 Å². The molecule has 0 aliphatic carbocycles. The molecule has 3 rings (SSSR count). The van der Waals surface area contributed by atoms with E-state index in [-0.39, 0.29) is 18.0 Å². The summed E-state index contributed by atoms with van der Waals surface area (Å²) in [6.07, 6.45) is 1.65. The van der Waals surface area contributed by atoms with Gasteiger partial charge in [-0.1, -0.05) is 18.2 Å². The summed E-state index contributed by atoms with van der Waals surface area (Å²) < 4.78 is 27.3. The maximum absolute atomic E-state index is 13.9. The molecular formula is C18H17F2N3O. The first-order valence-corrected chi connectivity index (χ1v) is 7.55. The molecular weight excluding hydrogens is 312 g/mol. The fourth-order valence-electron chi connectivity index (χ4n) is 2.54. The SMILES string of the molecule is OCc1cc(CNCc2cn[nH]c2-c2ccccc2F)ccc1F. The molecule has 3 aromatic rings. The molecule has 6 heteroatoms. The van der Waals surface area contributed by atoms with Crippen molar-refractivity contribution in [1.82, 2.24) is 15.5 Å². The van der Waals surface area contributed by atoms with Gasteiger partial charge in [0.25, 0.3) is 0 Å². The van der Waals surface area contributed by atoms with Gasteiger partial charge in [0, 0.05) is 29.8 Å². The van der Waals surface area contributed by atoms with Crippen LogP contribution in [0.1, 0.15) is 16.7 Å². The molecule has 0 atom stereocenters. The summed E-state index contributed by atoms with van der Waals surface area (Å²) in [4.78, 5) is 0. The Hall–Kier alpha value is -2.57. The van der Waals surface area contributed by atoms with E-state index in [1.54, 1.807) is 36.5 Å². The van der Waals surface area contributed by atoms with E-state index >= 15 is 0 Å². The summed E-state index contributed by atoms with van der Waals surface area (Å²) >= 11 is 0. The lowest BCUT2D eigenvalue weighted by atomic mass is 10.1. The largest absolute Gasteiger partial charge is 0.392 e. The third-order valence-corrected chi connectivity index (χ3v) is 3.79. The van der Waals surface area contributed by atoms with Gasteiger partial charge < -0.3 is 10.4 Å². The number of nitrogens with one attached hydrogen (secondary N) is 2. The number of H-pyrrole nitrogens is 1. The van der Waals surface area contributed by atoms with Gasteiger partial charge in [0.1, 0.15) is 11.6 Å². The Kier molecular flexibility index (Phi) is 4.98. The van der Waals surface area contributed by atoms with Crippen LogP contribution in [0.15, 0.2) is 48.7 Å². The smallest absolute Gasteiger partial charge is 0.132 e. The summed E-state index contributed by atoms with van der Waals surface area (Å²) in [5, 5.41) is 19.1. The van der Waals surface area contributed by atoms with Crippen molar-refractivity contribution in [2.45, 2.75) is 19.7 Å². The van der Waals surface area contributed by atoms with Crippen molar-refractivity contribution < 1.29 is 13.9 Å². The van der Waals surface area contributed by atoms with Crippen LogP contribution >= 0.6 is 0 Å². The van der Waals surface area contributed by atoms with Gasteiger partial charge >= 0.3 is 0 Å². The number of rotatable bonds is 6. The number of aliphatic hydroxyl groups is 1. The predicted octanol–water partition coefficient (Wildman–Crippen LogP) is 3.14. The lowest BCUT2D eigenvalue weighted by molar-refractivity contribution is 0.275. The van der Waals surface area contributed by atoms with Crippen LogP contribution in [-0.4, -0.2) is 15.3 Å². The Morgan fingerprint density at radius 2 is 1.83 bits per heavy atom. The number of aromatic amines is 1. The Labute approximate surface area is 138 Å². The minimum Gasteiger partial charge on any atom is -0.392 e. The normalized spacial score (nSPS) is 11.0. The summed E-state index contributed by atoms with van der Waals surface area (Å²) in [5.41, 5.74) is 3.07. The van der Waals surface area contributed by atoms with Gasteiger partial charge in [-0.2, -0.15) is 5.10 Å². The van der Waals surface area contributed by atoms with Crippen molar-refractivity contribution in [2.24, 2.45) is 0 Å². The fraction of sp³-hybridized carbons (Fsp3) is 0.167. The molecule has 24 heavy (non-hydrogen) atoms. The maximum atomic E-state index is 13.9. The van der Waals surface area contributed by atoms with Gasteiger partial charge in [0.2, 0.25) is 0 Å². The second-order valence-corrected chi connectivity index (χ2v) is 5.44. The standard InChI is InChI=1S/C18H17F2N3O/c19-16-6-5-12(7-13(16)11-24)8-21-9-14-10-22-23-18(14)15-3-1-2-4-17(15)20/h1-7,10,21,24H,8-9,11H2,(H,22,23). The average Bonchev–Trinajstić information content (AvgIpc) is 3.05. The van der Waals surface area contributed by atoms with Crippen molar-refractivity contribution in [1.29, 1.82) is 0 Å². The Balaban J connectivity index is 1.68. The summed E-state index contributed by atoms with van der Waals surface area (Å²) in [6.45, 7) is 0.639. The molecule has 0 aliphatic heterocycles. The molecule has 124 valence electrons. The van der Waals surface area contributed by atoms with E-state index in [0.29, 0.717) is 24.3 Å². The molecule has 4 nitrogen and oxygen atoms in total. The first-order valence-electron chi connectivity index (χ1n) is 7.55. The Morgan fingerprint density at radius 3 is 2.62 bits per heavy atom. The zero-order valence-corrected chi connectivity index (χ0v) is 12.9. The minimum atomic E-state index is -0.419. The first-order chi connectivity index (χ1) is 11.7. The van der Waals surface area contributed by atoms with Crippen molar-refractivity contribution in [2.75, 3.05) is 0 Å². The lowest BCUT2D eigenvalue weighted by Crippen LogP contribution is -2.13. The van der Waals surface area contributed by atoms with Crippen LogP contribution in [0.2, 0.25) is 0 Å². The highest BCUT2D eigenvalue weighted by Gasteiger charge is 2.11. The van der Waals surface area contributed by atoms with Crippen LogP contribution in [0, 0.1) is 11.6 Å². The van der Waals surface area contributed by atoms with Crippen LogP contribution in [0.3, 0.4) is 0 Å². The van der Waals surface area contributed by atoms with Gasteiger partial charge in [-0.3, -0.25) is 5.10 Å². The van der Waals surface area contributed by atoms with E-state index in [1.807, 2.05) is 0 Å². The van der Waals surface area contributed by atoms with E-state index in [0.717, 1.165) is 11.1 Å². The van der Waals surface area contributed by atoms with Gasteiger partial charge in [0.15, 0.2) is 0 Å². The van der Waals surface area contributed by atoms with E-state index in [4.69, 9.17) is 5.11 Å². The fourth-order valence-corrected chi connectivity index (χ4v) is 2.54. The highest BCUT2D eigenvalue weighted by atomic mass is 19.1. The number of hydrogen-bond acceptors (Lipinski definition) is 3. The predicted molar refractivity (Wildman–Crippen MR) is 86.8 cm³/mol. The van der Waals surface area contributed by atoms with Crippen LogP contribution in [0.5, 0.6) is 0 Å². The molecule has 0 spiro atoms. The van der Waals surface area contributed by atoms with Gasteiger partial charge in [-0.15, -0.1) is 0 Å². The van der Waals surface area contributed by atoms with Crippen LogP contribution < -0.4 is 5.32 Å². The molecule has 0 aliphatic rings. The highest BCUT2D eigenvalue weighted by molar-refractivity contribution is 5.63. The van der Waals surface area contributed by atoms with E-state index in [1.165, 1.54) is 12.1 Å². The van der Waals surface area contributed by atoms with Crippen molar-refractivity contribution in [3.63, 3.8) is 0 Å². The molecule has 0 radical (unpaired) electrons. The highest BCUT2D eigenvalue weighted by Crippen LogP contribution is 2.23. The molecule has 0 bridgehead atoms. The number of aliphatic hydroxyl groups excluding tert-OH is 1. The summed E-state index contributed by atoms with van der Waals surface area (Å²) in [5.74, 6) is -0.730. The third-order valence-electron chi connectivity index (χ3n) is 3.79. The summed E-state index contributed by atoms with van der Waals surface area (Å²) in [7, 11) is 0. The Bertz CT molecular complexity index is 833. The molecule has 0 saturated carbocycles. The summed E-state index contributed by atoms with van der Waals surface area (Å²) in [6, 6.07) is 11.1. The minimum absolute atomic E-state index is 0.268. The second-order valence-electron chi connectivity index (χ2n) is 5.44. The second kappa shape index (κ2) is 7.33. The van der Waals surface area contributed by atoms with E-state index < -0.39 is 5.82 Å². The molecule has 1 aromatic heterocycles. The van der Waals surface area contributed by atoms with Crippen molar-refractivity contribution in [3.8, 4) is 11.3 Å². The molecule has 0 amide bonds. The monoisotopic (exact) mass is 329 g/mol. The number of nitrogens with zero attached hydrogens (tertiary/aromatic N) is 1. The van der Waals surface area contributed by atoms with Crippen molar-refractivity contribution in [3.05, 3.63) is 77.0 Å². The molecule has 0 unspecified atom stereocenters. The number of aromatic nitrogens is 2. The number of benzene rings is 2. The van der Waals surface area contributed by atoms with Crippen LogP contribution in [-0.2, 0) is 19.7 Å². The zero-order chi connectivity index (χ0) is 16.9. The topological polar surface area (TPSA) is 60.9 Å². The van der Waals surface area contributed by atoms with Gasteiger partial charge in [-0.25, -0.2) is 8.78 Å². The zero-order valence-electron chi connectivity index (χ0n) is 12.9.